The second-order valence-electron chi connectivity index (χ2n) is 5.03. The summed E-state index contributed by atoms with van der Waals surface area (Å²) in [5.41, 5.74) is 1.82. The number of para-hydroxylation sites is 2. The highest BCUT2D eigenvalue weighted by Gasteiger charge is 2.17. The van der Waals surface area contributed by atoms with Crippen molar-refractivity contribution in [2.45, 2.75) is 19.6 Å². The van der Waals surface area contributed by atoms with Gasteiger partial charge in [0.05, 0.1) is 17.1 Å². The number of aromatic amines is 1. The van der Waals surface area contributed by atoms with E-state index in [-0.39, 0.29) is 17.7 Å². The number of H-pyrrole nitrogens is 1. The number of hydrogen-bond donors (Lipinski definition) is 2. The number of amides is 1. The van der Waals surface area contributed by atoms with Crippen LogP contribution >= 0.6 is 0 Å². The number of benzene rings is 1. The van der Waals surface area contributed by atoms with E-state index in [0.717, 1.165) is 11.0 Å². The van der Waals surface area contributed by atoms with Crippen LogP contribution in [0.1, 0.15) is 35.1 Å². The van der Waals surface area contributed by atoms with Gasteiger partial charge in [-0.05, 0) is 31.2 Å². The standard InChI is InChI=1S/C16H17N3O3/c1-10(15-18-12-5-3-4-6-13(12)19-15)17-16(20)14-8-7-11(22-14)9-21-2/h3-8,10H,9H2,1-2H3,(H,17,20)(H,18,19)/t10-/m1/s1. The third kappa shape index (κ3) is 2.87. The van der Waals surface area contributed by atoms with Crippen LogP contribution in [0.5, 0.6) is 0 Å². The summed E-state index contributed by atoms with van der Waals surface area (Å²) in [5, 5.41) is 2.86. The Morgan fingerprint density at radius 1 is 1.36 bits per heavy atom. The molecule has 2 aromatic heterocycles. The minimum Gasteiger partial charge on any atom is -0.453 e. The van der Waals surface area contributed by atoms with Gasteiger partial charge >= 0.3 is 0 Å². The first kappa shape index (κ1) is 14.3. The fraction of sp³-hybridized carbons (Fsp3) is 0.250. The lowest BCUT2D eigenvalue weighted by Gasteiger charge is -2.09. The summed E-state index contributed by atoms with van der Waals surface area (Å²) >= 11 is 0. The second kappa shape index (κ2) is 6.03. The molecular formula is C16H17N3O3. The Morgan fingerprint density at radius 3 is 2.95 bits per heavy atom. The molecule has 0 fully saturated rings. The van der Waals surface area contributed by atoms with Crippen LogP contribution in [0.4, 0.5) is 0 Å². The number of imidazole rings is 1. The predicted octanol–water partition coefficient (Wildman–Crippen LogP) is 2.79. The molecule has 0 unspecified atom stereocenters. The third-order valence-electron chi connectivity index (χ3n) is 3.34. The van der Waals surface area contributed by atoms with Crippen molar-refractivity contribution in [1.29, 1.82) is 0 Å². The van der Waals surface area contributed by atoms with Crippen molar-refractivity contribution in [2.75, 3.05) is 7.11 Å². The van der Waals surface area contributed by atoms with E-state index in [2.05, 4.69) is 15.3 Å². The van der Waals surface area contributed by atoms with Crippen LogP contribution in [-0.2, 0) is 11.3 Å². The Hall–Kier alpha value is -2.60. The summed E-state index contributed by atoms with van der Waals surface area (Å²) in [6.45, 7) is 2.21. The van der Waals surface area contributed by atoms with Gasteiger partial charge in [-0.3, -0.25) is 4.79 Å². The van der Waals surface area contributed by atoms with Crippen molar-refractivity contribution < 1.29 is 13.9 Å². The number of carbonyl (C=O) groups excluding carboxylic acids is 1. The van der Waals surface area contributed by atoms with E-state index in [4.69, 9.17) is 9.15 Å². The Labute approximate surface area is 127 Å². The summed E-state index contributed by atoms with van der Waals surface area (Å²) in [5.74, 6) is 1.30. The van der Waals surface area contributed by atoms with Gasteiger partial charge in [0.1, 0.15) is 18.2 Å². The number of rotatable bonds is 5. The smallest absolute Gasteiger partial charge is 0.287 e. The molecule has 0 spiro atoms. The average Bonchev–Trinajstić information content (AvgIpc) is 3.13. The number of nitrogens with zero attached hydrogens (tertiary/aromatic N) is 1. The summed E-state index contributed by atoms with van der Waals surface area (Å²) in [6, 6.07) is 10.8. The highest BCUT2D eigenvalue weighted by atomic mass is 16.5. The first-order valence-electron chi connectivity index (χ1n) is 7.00. The molecule has 1 atom stereocenters. The molecule has 0 aliphatic heterocycles. The van der Waals surface area contributed by atoms with Crippen molar-refractivity contribution in [3.8, 4) is 0 Å². The molecule has 6 nitrogen and oxygen atoms in total. The molecule has 0 bridgehead atoms. The molecule has 1 amide bonds. The van der Waals surface area contributed by atoms with Crippen molar-refractivity contribution >= 4 is 16.9 Å². The first-order chi connectivity index (χ1) is 10.7. The van der Waals surface area contributed by atoms with Gasteiger partial charge in [-0.15, -0.1) is 0 Å². The highest BCUT2D eigenvalue weighted by molar-refractivity contribution is 5.91. The van der Waals surface area contributed by atoms with Gasteiger partial charge in [0.2, 0.25) is 0 Å². The van der Waals surface area contributed by atoms with E-state index < -0.39 is 0 Å². The zero-order chi connectivity index (χ0) is 15.5. The Balaban J connectivity index is 1.72. The van der Waals surface area contributed by atoms with Crippen LogP contribution in [0.2, 0.25) is 0 Å². The number of methoxy groups -OCH3 is 1. The molecule has 0 saturated heterocycles. The quantitative estimate of drug-likeness (QED) is 0.759. The Bertz CT molecular complexity index is 758. The number of ether oxygens (including phenoxy) is 1. The molecule has 2 N–H and O–H groups in total. The molecule has 1 aromatic carbocycles. The zero-order valence-corrected chi connectivity index (χ0v) is 12.4. The summed E-state index contributed by atoms with van der Waals surface area (Å²) in [6.07, 6.45) is 0. The lowest BCUT2D eigenvalue weighted by molar-refractivity contribution is 0.0901. The topological polar surface area (TPSA) is 80.1 Å². The van der Waals surface area contributed by atoms with Crippen molar-refractivity contribution in [1.82, 2.24) is 15.3 Å². The normalized spacial score (nSPS) is 12.5. The summed E-state index contributed by atoms with van der Waals surface area (Å²) in [4.78, 5) is 19.8. The Morgan fingerprint density at radius 2 is 2.18 bits per heavy atom. The maximum Gasteiger partial charge on any atom is 0.287 e. The molecule has 3 aromatic rings. The molecule has 0 radical (unpaired) electrons. The van der Waals surface area contributed by atoms with Crippen LogP contribution < -0.4 is 5.32 Å². The van der Waals surface area contributed by atoms with E-state index in [1.54, 1.807) is 19.2 Å². The number of fused-ring (bicyclic) bond motifs is 1. The molecule has 2 heterocycles. The molecule has 0 aliphatic carbocycles. The van der Waals surface area contributed by atoms with E-state index in [0.29, 0.717) is 18.2 Å². The SMILES string of the molecule is COCc1ccc(C(=O)N[C@H](C)c2nc3ccccc3[nH]2)o1. The first-order valence-corrected chi connectivity index (χ1v) is 7.00. The molecule has 0 saturated carbocycles. The van der Waals surface area contributed by atoms with Crippen molar-refractivity contribution in [2.24, 2.45) is 0 Å². The van der Waals surface area contributed by atoms with Crippen LogP contribution in [0.3, 0.4) is 0 Å². The van der Waals surface area contributed by atoms with Crippen molar-refractivity contribution in [3.63, 3.8) is 0 Å². The van der Waals surface area contributed by atoms with Gasteiger partial charge in [-0.1, -0.05) is 12.1 Å². The van der Waals surface area contributed by atoms with E-state index in [1.165, 1.54) is 0 Å². The van der Waals surface area contributed by atoms with E-state index in [1.807, 2.05) is 31.2 Å². The van der Waals surface area contributed by atoms with Crippen molar-refractivity contribution in [3.05, 3.63) is 53.7 Å². The van der Waals surface area contributed by atoms with E-state index >= 15 is 0 Å². The largest absolute Gasteiger partial charge is 0.453 e. The van der Waals surface area contributed by atoms with Gasteiger partial charge in [0.25, 0.3) is 5.91 Å². The lowest BCUT2D eigenvalue weighted by Crippen LogP contribution is -2.27. The summed E-state index contributed by atoms with van der Waals surface area (Å²) in [7, 11) is 1.58. The van der Waals surface area contributed by atoms with Crippen LogP contribution in [0.25, 0.3) is 11.0 Å². The molecule has 6 heteroatoms. The molecule has 0 aliphatic rings. The minimum atomic E-state index is -0.282. The fourth-order valence-electron chi connectivity index (χ4n) is 2.23. The van der Waals surface area contributed by atoms with Gasteiger partial charge in [-0.2, -0.15) is 0 Å². The highest BCUT2D eigenvalue weighted by Crippen LogP contribution is 2.16. The van der Waals surface area contributed by atoms with Crippen LogP contribution in [-0.4, -0.2) is 23.0 Å². The number of nitrogens with one attached hydrogen (secondary N) is 2. The third-order valence-corrected chi connectivity index (χ3v) is 3.34. The fourth-order valence-corrected chi connectivity index (χ4v) is 2.23. The van der Waals surface area contributed by atoms with E-state index in [9.17, 15) is 4.79 Å². The number of furan rings is 1. The van der Waals surface area contributed by atoms with Crippen LogP contribution in [0, 0.1) is 0 Å². The molecule has 22 heavy (non-hydrogen) atoms. The zero-order valence-electron chi connectivity index (χ0n) is 12.4. The number of aromatic nitrogens is 2. The number of hydrogen-bond acceptors (Lipinski definition) is 4. The van der Waals surface area contributed by atoms with Crippen LogP contribution in [0.15, 0.2) is 40.8 Å². The Kier molecular flexibility index (Phi) is 3.93. The molecule has 3 rings (SSSR count). The van der Waals surface area contributed by atoms with Gasteiger partial charge in [-0.25, -0.2) is 4.98 Å². The lowest BCUT2D eigenvalue weighted by atomic mass is 10.3. The van der Waals surface area contributed by atoms with Gasteiger partial charge < -0.3 is 19.5 Å². The minimum absolute atomic E-state index is 0.254. The average molecular weight is 299 g/mol. The monoisotopic (exact) mass is 299 g/mol. The number of carbonyl (C=O) groups is 1. The maximum atomic E-state index is 12.2. The van der Waals surface area contributed by atoms with Gasteiger partial charge in [0, 0.05) is 7.11 Å². The second-order valence-corrected chi connectivity index (χ2v) is 5.03. The summed E-state index contributed by atoms with van der Waals surface area (Å²) < 4.78 is 10.4. The predicted molar refractivity (Wildman–Crippen MR) is 81.4 cm³/mol. The molecular weight excluding hydrogens is 282 g/mol. The maximum absolute atomic E-state index is 12.2. The van der Waals surface area contributed by atoms with Gasteiger partial charge in [0.15, 0.2) is 5.76 Å². The molecule has 114 valence electrons.